The van der Waals surface area contributed by atoms with Crippen molar-refractivity contribution in [2.24, 2.45) is 0 Å². The first-order chi connectivity index (χ1) is 20.2. The third kappa shape index (κ3) is 5.57. The average molecular weight is 596 g/mol. The van der Waals surface area contributed by atoms with Gasteiger partial charge in [-0.3, -0.25) is 0 Å². The standard InChI is InChI=1S/C32H36ClF2N5O2/c1-18-7-4-5-9-23(18)28(34)26(41)13-19(2)27-25(33)14-24-30(29(27)35)37-32(42-17-22-8-6-12-39(22)3)38-31(24)40-15-20-10-11-21(16-40)36-20/h4-5,7,9,13-14,20-22,36,41H,6,8,10-12,15-17H2,1-3H3/b19-13+,28-26-/t20?,21?,22-/m0/s1. The topological polar surface area (TPSA) is 73.8 Å². The molecule has 2 aromatic carbocycles. The van der Waals surface area contributed by atoms with Crippen molar-refractivity contribution in [3.8, 4) is 6.01 Å². The molecule has 10 heteroatoms. The molecule has 4 heterocycles. The highest BCUT2D eigenvalue weighted by atomic mass is 35.5. The summed E-state index contributed by atoms with van der Waals surface area (Å²) >= 11 is 6.70. The van der Waals surface area contributed by atoms with Gasteiger partial charge in [0.05, 0.1) is 5.02 Å². The van der Waals surface area contributed by atoms with Crippen LogP contribution in [0.4, 0.5) is 14.6 Å². The molecular formula is C32H36ClF2N5O2. The van der Waals surface area contributed by atoms with Crippen LogP contribution in [0.2, 0.25) is 5.02 Å². The molecule has 0 saturated carbocycles. The number of piperazine rings is 1. The zero-order valence-electron chi connectivity index (χ0n) is 24.1. The average Bonchev–Trinajstić information content (AvgIpc) is 3.54. The lowest BCUT2D eigenvalue weighted by molar-refractivity contribution is 0.188. The Bertz CT molecular complexity index is 1570. The maximum absolute atomic E-state index is 16.4. The Hall–Kier alpha value is -3.27. The van der Waals surface area contributed by atoms with Crippen LogP contribution in [0.25, 0.3) is 22.3 Å². The number of aromatic nitrogens is 2. The minimum Gasteiger partial charge on any atom is -0.505 e. The van der Waals surface area contributed by atoms with Crippen molar-refractivity contribution in [1.82, 2.24) is 20.2 Å². The molecule has 222 valence electrons. The summed E-state index contributed by atoms with van der Waals surface area (Å²) in [4.78, 5) is 13.7. The summed E-state index contributed by atoms with van der Waals surface area (Å²) in [5.41, 5.74) is 1.32. The number of anilines is 1. The van der Waals surface area contributed by atoms with Crippen LogP contribution in [-0.4, -0.2) is 71.4 Å². The van der Waals surface area contributed by atoms with Crippen LogP contribution in [0.1, 0.15) is 49.3 Å². The molecule has 0 amide bonds. The molecule has 7 nitrogen and oxygen atoms in total. The molecule has 3 saturated heterocycles. The van der Waals surface area contributed by atoms with E-state index in [-0.39, 0.29) is 39.3 Å². The van der Waals surface area contributed by atoms with Crippen LogP contribution in [0.5, 0.6) is 6.01 Å². The molecule has 0 radical (unpaired) electrons. The molecule has 42 heavy (non-hydrogen) atoms. The summed E-state index contributed by atoms with van der Waals surface area (Å²) in [5.74, 6) is -1.48. The van der Waals surface area contributed by atoms with E-state index in [9.17, 15) is 5.11 Å². The van der Waals surface area contributed by atoms with Crippen molar-refractivity contribution in [2.45, 2.75) is 57.7 Å². The Labute approximate surface area is 249 Å². The SMILES string of the molecule is C/C(=C\C(O)=C(\F)c1ccccc1C)c1c(Cl)cc2c(N3CC4CCC(C3)N4)nc(OC[C@@H]3CCCN3C)nc2c1F. The second-order valence-corrected chi connectivity index (χ2v) is 12.2. The van der Waals surface area contributed by atoms with Crippen molar-refractivity contribution in [3.05, 3.63) is 69.7 Å². The zero-order valence-corrected chi connectivity index (χ0v) is 24.9. The van der Waals surface area contributed by atoms with Gasteiger partial charge in [0.2, 0.25) is 0 Å². The molecule has 1 aromatic heterocycles. The predicted molar refractivity (Wildman–Crippen MR) is 163 cm³/mol. The Balaban J connectivity index is 1.42. The fraction of sp³-hybridized carbons (Fsp3) is 0.438. The van der Waals surface area contributed by atoms with Gasteiger partial charge in [-0.2, -0.15) is 9.97 Å². The largest absolute Gasteiger partial charge is 0.505 e. The highest BCUT2D eigenvalue weighted by Crippen LogP contribution is 2.38. The minimum absolute atomic E-state index is 0.0415. The first-order valence-corrected chi connectivity index (χ1v) is 14.9. The minimum atomic E-state index is -0.796. The Morgan fingerprint density at radius 1 is 1.19 bits per heavy atom. The van der Waals surface area contributed by atoms with E-state index in [0.29, 0.717) is 35.5 Å². The maximum Gasteiger partial charge on any atom is 0.319 e. The number of halogens is 3. The number of likely N-dealkylation sites (N-methyl/N-ethyl adjacent to an activating group) is 1. The van der Waals surface area contributed by atoms with Crippen LogP contribution in [0.15, 0.2) is 42.2 Å². The third-order valence-corrected chi connectivity index (χ3v) is 9.09. The molecule has 3 aliphatic heterocycles. The van der Waals surface area contributed by atoms with E-state index in [1.54, 1.807) is 44.2 Å². The highest BCUT2D eigenvalue weighted by Gasteiger charge is 2.34. The van der Waals surface area contributed by atoms with Crippen LogP contribution in [0.3, 0.4) is 0 Å². The van der Waals surface area contributed by atoms with Crippen molar-refractivity contribution in [3.63, 3.8) is 0 Å². The Morgan fingerprint density at radius 3 is 2.62 bits per heavy atom. The van der Waals surface area contributed by atoms with E-state index in [2.05, 4.69) is 27.1 Å². The van der Waals surface area contributed by atoms with Gasteiger partial charge in [-0.1, -0.05) is 35.9 Å². The van der Waals surface area contributed by atoms with E-state index in [4.69, 9.17) is 21.3 Å². The van der Waals surface area contributed by atoms with Crippen LogP contribution in [0, 0.1) is 12.7 Å². The predicted octanol–water partition coefficient (Wildman–Crippen LogP) is 6.44. The number of ether oxygens (including phenoxy) is 1. The fourth-order valence-electron chi connectivity index (χ4n) is 6.46. The molecule has 3 fully saturated rings. The summed E-state index contributed by atoms with van der Waals surface area (Å²) in [6, 6.07) is 9.53. The van der Waals surface area contributed by atoms with Gasteiger partial charge >= 0.3 is 6.01 Å². The summed E-state index contributed by atoms with van der Waals surface area (Å²) in [6.07, 6.45) is 5.49. The summed E-state index contributed by atoms with van der Waals surface area (Å²) in [5, 5.41) is 14.9. The first-order valence-electron chi connectivity index (χ1n) is 14.6. The lowest BCUT2D eigenvalue weighted by Gasteiger charge is -2.34. The van der Waals surface area contributed by atoms with Gasteiger partial charge in [-0.15, -0.1) is 0 Å². The number of hydrogen-bond donors (Lipinski definition) is 2. The molecule has 3 aromatic rings. The number of aliphatic hydroxyl groups is 1. The third-order valence-electron chi connectivity index (χ3n) is 8.79. The molecule has 2 bridgehead atoms. The van der Waals surface area contributed by atoms with Gasteiger partial charge < -0.3 is 25.0 Å². The molecule has 3 aliphatic rings. The van der Waals surface area contributed by atoms with Gasteiger partial charge in [-0.05, 0) is 76.4 Å². The van der Waals surface area contributed by atoms with E-state index >= 15 is 8.78 Å². The number of aryl methyl sites for hydroxylation is 1. The fourth-order valence-corrected chi connectivity index (χ4v) is 6.80. The quantitative estimate of drug-likeness (QED) is 0.240. The second-order valence-electron chi connectivity index (χ2n) is 11.7. The molecular weight excluding hydrogens is 560 g/mol. The smallest absolute Gasteiger partial charge is 0.319 e. The van der Waals surface area contributed by atoms with Gasteiger partial charge in [0.15, 0.2) is 17.4 Å². The number of allylic oxidation sites excluding steroid dienone is 2. The van der Waals surface area contributed by atoms with Gasteiger partial charge in [0.1, 0.15) is 17.9 Å². The Kier molecular flexibility index (Phi) is 8.09. The summed E-state index contributed by atoms with van der Waals surface area (Å²) < 4.78 is 37.7. The highest BCUT2D eigenvalue weighted by molar-refractivity contribution is 6.33. The molecule has 2 unspecified atom stereocenters. The molecule has 3 atom stereocenters. The molecule has 0 spiro atoms. The maximum atomic E-state index is 16.4. The van der Waals surface area contributed by atoms with Crippen molar-refractivity contribution in [2.75, 3.05) is 38.2 Å². The van der Waals surface area contributed by atoms with Gasteiger partial charge in [-0.25, -0.2) is 8.78 Å². The number of hydrogen-bond acceptors (Lipinski definition) is 7. The van der Waals surface area contributed by atoms with Crippen molar-refractivity contribution in [1.29, 1.82) is 0 Å². The number of aliphatic hydroxyl groups excluding tert-OH is 1. The molecule has 0 aliphatic carbocycles. The second kappa shape index (κ2) is 11.8. The molecule has 2 N–H and O–H groups in total. The van der Waals surface area contributed by atoms with Crippen molar-refractivity contribution < 1.29 is 18.6 Å². The summed E-state index contributed by atoms with van der Waals surface area (Å²) in [7, 11) is 2.07. The number of benzene rings is 2. The summed E-state index contributed by atoms with van der Waals surface area (Å²) in [6.45, 7) is 6.24. The number of nitrogens with one attached hydrogen (secondary N) is 1. The van der Waals surface area contributed by atoms with E-state index in [1.807, 2.05) is 0 Å². The van der Waals surface area contributed by atoms with E-state index in [0.717, 1.165) is 45.3 Å². The normalized spacial score (nSPS) is 23.5. The zero-order chi connectivity index (χ0) is 29.5. The van der Waals surface area contributed by atoms with Crippen molar-refractivity contribution >= 4 is 39.7 Å². The lowest BCUT2D eigenvalue weighted by Crippen LogP contribution is -2.51. The first kappa shape index (κ1) is 28.8. The van der Waals surface area contributed by atoms with E-state index < -0.39 is 17.4 Å². The van der Waals surface area contributed by atoms with Crippen LogP contribution >= 0.6 is 11.6 Å². The van der Waals surface area contributed by atoms with Crippen LogP contribution < -0.4 is 15.0 Å². The lowest BCUT2D eigenvalue weighted by atomic mass is 10.0. The molecule has 6 rings (SSSR count). The van der Waals surface area contributed by atoms with E-state index in [1.165, 1.54) is 6.08 Å². The Morgan fingerprint density at radius 2 is 1.93 bits per heavy atom. The van der Waals surface area contributed by atoms with Gasteiger partial charge in [0, 0.05) is 47.7 Å². The number of nitrogens with zero attached hydrogens (tertiary/aromatic N) is 4. The number of fused-ring (bicyclic) bond motifs is 3. The van der Waals surface area contributed by atoms with Crippen LogP contribution in [-0.2, 0) is 0 Å². The number of rotatable bonds is 7. The monoisotopic (exact) mass is 595 g/mol. The van der Waals surface area contributed by atoms with Gasteiger partial charge in [0.25, 0.3) is 0 Å². The number of likely N-dealkylation sites (tertiary alicyclic amines) is 1.